The molecule has 0 atom stereocenters. The molecule has 172 valence electrons. The molecule has 0 aliphatic heterocycles. The van der Waals surface area contributed by atoms with Gasteiger partial charge in [-0.25, -0.2) is 13.8 Å². The fraction of sp³-hybridized carbons (Fsp3) is 0.167. The Morgan fingerprint density at radius 1 is 1.12 bits per heavy atom. The number of rotatable bonds is 6. The average molecular weight is 479 g/mol. The first-order valence-corrected chi connectivity index (χ1v) is 11.4. The first-order chi connectivity index (χ1) is 16.4. The van der Waals surface area contributed by atoms with Crippen LogP contribution in [0.15, 0.2) is 74.1 Å². The van der Waals surface area contributed by atoms with Crippen molar-refractivity contribution in [3.8, 4) is 22.8 Å². The zero-order chi connectivity index (χ0) is 23.8. The summed E-state index contributed by atoms with van der Waals surface area (Å²) >= 11 is 1.20. The van der Waals surface area contributed by atoms with E-state index in [0.29, 0.717) is 16.0 Å². The normalized spacial score (nSPS) is 11.4. The molecule has 2 aromatic carbocycles. The van der Waals surface area contributed by atoms with E-state index in [2.05, 4.69) is 10.1 Å². The van der Waals surface area contributed by atoms with Gasteiger partial charge in [0.1, 0.15) is 22.8 Å². The summed E-state index contributed by atoms with van der Waals surface area (Å²) in [4.78, 5) is 30.7. The highest BCUT2D eigenvalue weighted by Gasteiger charge is 2.18. The Balaban J connectivity index is 1.53. The van der Waals surface area contributed by atoms with E-state index in [-0.39, 0.29) is 24.2 Å². The third-order valence-electron chi connectivity index (χ3n) is 5.07. The molecule has 0 bridgehead atoms. The summed E-state index contributed by atoms with van der Waals surface area (Å²) < 4.78 is 27.5. The molecule has 0 aliphatic rings. The van der Waals surface area contributed by atoms with E-state index in [0.717, 1.165) is 21.9 Å². The second kappa shape index (κ2) is 8.71. The molecular weight excluding hydrogens is 459 g/mol. The Hall–Kier alpha value is -4.05. The van der Waals surface area contributed by atoms with Crippen molar-refractivity contribution in [1.82, 2.24) is 19.3 Å². The molecule has 0 aliphatic carbocycles. The van der Waals surface area contributed by atoms with Crippen LogP contribution in [0.3, 0.4) is 0 Å². The first kappa shape index (κ1) is 21.8. The van der Waals surface area contributed by atoms with Crippen LogP contribution >= 0.6 is 11.3 Å². The van der Waals surface area contributed by atoms with Crippen molar-refractivity contribution in [2.24, 2.45) is 0 Å². The summed E-state index contributed by atoms with van der Waals surface area (Å²) in [7, 11) is 0. The van der Waals surface area contributed by atoms with Gasteiger partial charge in [-0.05, 0) is 67.8 Å². The third kappa shape index (κ3) is 4.03. The highest BCUT2D eigenvalue weighted by molar-refractivity contribution is 7.17. The van der Waals surface area contributed by atoms with Crippen LogP contribution in [-0.2, 0) is 6.54 Å². The zero-order valence-corrected chi connectivity index (χ0v) is 19.1. The van der Waals surface area contributed by atoms with Crippen LogP contribution in [0.5, 0.6) is 5.75 Å². The number of halogens is 1. The summed E-state index contributed by atoms with van der Waals surface area (Å²) in [6, 6.07) is 14.3. The van der Waals surface area contributed by atoms with Crippen molar-refractivity contribution in [2.45, 2.75) is 26.5 Å². The summed E-state index contributed by atoms with van der Waals surface area (Å²) in [5.41, 5.74) is 0.184. The summed E-state index contributed by atoms with van der Waals surface area (Å²) in [6.45, 7) is 3.84. The summed E-state index contributed by atoms with van der Waals surface area (Å²) in [5.74, 6) is 0.733. The molecule has 0 N–H and O–H groups in total. The smallest absolute Gasteiger partial charge is 0.336 e. The Bertz CT molecular complexity index is 1600. The van der Waals surface area contributed by atoms with Gasteiger partial charge < -0.3 is 9.26 Å². The van der Waals surface area contributed by atoms with Crippen LogP contribution in [0.2, 0.25) is 0 Å². The molecule has 0 amide bonds. The maximum atomic E-state index is 13.8. The topological polar surface area (TPSA) is 92.2 Å². The third-order valence-corrected chi connectivity index (χ3v) is 5.96. The van der Waals surface area contributed by atoms with E-state index < -0.39 is 17.1 Å². The van der Waals surface area contributed by atoms with Gasteiger partial charge in [0.15, 0.2) is 0 Å². The van der Waals surface area contributed by atoms with Crippen LogP contribution in [0, 0.1) is 5.82 Å². The van der Waals surface area contributed by atoms with E-state index in [1.165, 1.54) is 34.1 Å². The molecule has 5 aromatic rings. The van der Waals surface area contributed by atoms with Crippen molar-refractivity contribution in [2.75, 3.05) is 0 Å². The Labute approximate surface area is 196 Å². The minimum Gasteiger partial charge on any atom is -0.491 e. The molecule has 0 unspecified atom stereocenters. The minimum atomic E-state index is -0.628. The number of nitrogens with zero attached hydrogens (tertiary/aromatic N) is 4. The number of hydrogen-bond acceptors (Lipinski definition) is 7. The number of ether oxygens (including phenoxy) is 1. The molecule has 8 nitrogen and oxygen atoms in total. The van der Waals surface area contributed by atoms with Gasteiger partial charge in [0, 0.05) is 5.56 Å². The van der Waals surface area contributed by atoms with Crippen LogP contribution in [0.25, 0.3) is 27.3 Å². The van der Waals surface area contributed by atoms with Crippen LogP contribution < -0.4 is 16.0 Å². The number of hydrogen-bond donors (Lipinski definition) is 0. The first-order valence-electron chi connectivity index (χ1n) is 10.5. The number of fused-ring (bicyclic) bond motifs is 1. The predicted molar refractivity (Wildman–Crippen MR) is 126 cm³/mol. The van der Waals surface area contributed by atoms with Gasteiger partial charge >= 0.3 is 5.69 Å². The van der Waals surface area contributed by atoms with E-state index in [1.807, 2.05) is 38.1 Å². The fourth-order valence-electron chi connectivity index (χ4n) is 3.61. The molecule has 0 fully saturated rings. The average Bonchev–Trinajstić information content (AvgIpc) is 3.47. The van der Waals surface area contributed by atoms with Crippen LogP contribution in [-0.4, -0.2) is 25.4 Å². The van der Waals surface area contributed by atoms with Crippen LogP contribution in [0.4, 0.5) is 4.39 Å². The lowest BCUT2D eigenvalue weighted by atomic mass is 10.2. The Kier molecular flexibility index (Phi) is 5.58. The van der Waals surface area contributed by atoms with E-state index in [4.69, 9.17) is 9.26 Å². The van der Waals surface area contributed by atoms with Crippen molar-refractivity contribution < 1.29 is 13.7 Å². The molecule has 0 saturated heterocycles. The molecule has 3 aromatic heterocycles. The lowest BCUT2D eigenvalue weighted by Crippen LogP contribution is -2.38. The number of benzene rings is 2. The molecule has 10 heteroatoms. The molecule has 0 radical (unpaired) electrons. The van der Waals surface area contributed by atoms with Gasteiger partial charge in [0.05, 0.1) is 17.3 Å². The molecule has 3 heterocycles. The van der Waals surface area contributed by atoms with Gasteiger partial charge in [-0.15, -0.1) is 11.3 Å². The second-order valence-electron chi connectivity index (χ2n) is 7.83. The minimum absolute atomic E-state index is 0.0524. The van der Waals surface area contributed by atoms with E-state index in [9.17, 15) is 14.0 Å². The molecule has 5 rings (SSSR count). The molecular formula is C24H19FN4O4S. The zero-order valence-electron chi connectivity index (χ0n) is 18.3. The maximum Gasteiger partial charge on any atom is 0.336 e. The van der Waals surface area contributed by atoms with Crippen LogP contribution in [0.1, 0.15) is 19.7 Å². The standard InChI is InChI=1S/C24H19FN4O4S/c1-14(2)32-18-8-6-15(7-9-18)22-26-20(33-27-22)13-28-19-10-11-34-21(19)23(30)29(24(28)31)17-5-3-4-16(25)12-17/h3-12,14H,13H2,1-2H3. The highest BCUT2D eigenvalue weighted by atomic mass is 32.1. The highest BCUT2D eigenvalue weighted by Crippen LogP contribution is 2.22. The summed E-state index contributed by atoms with van der Waals surface area (Å²) in [6.07, 6.45) is 0.0607. The molecule has 0 spiro atoms. The van der Waals surface area contributed by atoms with E-state index in [1.54, 1.807) is 11.4 Å². The quantitative estimate of drug-likeness (QED) is 0.363. The van der Waals surface area contributed by atoms with Gasteiger partial charge in [0.25, 0.3) is 5.56 Å². The van der Waals surface area contributed by atoms with Crippen molar-refractivity contribution in [3.63, 3.8) is 0 Å². The second-order valence-corrected chi connectivity index (χ2v) is 8.74. The lowest BCUT2D eigenvalue weighted by molar-refractivity contribution is 0.242. The SMILES string of the molecule is CC(C)Oc1ccc(-c2noc(Cn3c(=O)n(-c4cccc(F)c4)c(=O)c4sccc43)n2)cc1. The van der Waals surface area contributed by atoms with E-state index >= 15 is 0 Å². The van der Waals surface area contributed by atoms with Crippen molar-refractivity contribution in [1.29, 1.82) is 0 Å². The predicted octanol–water partition coefficient (Wildman–Crippen LogP) is 4.24. The number of aromatic nitrogens is 4. The Morgan fingerprint density at radius 2 is 1.91 bits per heavy atom. The van der Waals surface area contributed by atoms with Gasteiger partial charge in [-0.1, -0.05) is 11.2 Å². The van der Waals surface area contributed by atoms with Crippen molar-refractivity contribution >= 4 is 21.6 Å². The summed E-state index contributed by atoms with van der Waals surface area (Å²) in [5, 5.41) is 5.74. The monoisotopic (exact) mass is 478 g/mol. The number of thiophene rings is 1. The molecule has 34 heavy (non-hydrogen) atoms. The van der Waals surface area contributed by atoms with Crippen molar-refractivity contribution in [3.05, 3.63) is 92.5 Å². The lowest BCUT2D eigenvalue weighted by Gasteiger charge is -2.10. The largest absolute Gasteiger partial charge is 0.491 e. The Morgan fingerprint density at radius 3 is 2.65 bits per heavy atom. The van der Waals surface area contributed by atoms with Gasteiger partial charge in [0.2, 0.25) is 11.7 Å². The van der Waals surface area contributed by atoms with Gasteiger partial charge in [-0.3, -0.25) is 9.36 Å². The molecule has 0 saturated carbocycles. The fourth-order valence-corrected chi connectivity index (χ4v) is 4.43. The maximum absolute atomic E-state index is 13.8. The van der Waals surface area contributed by atoms with Gasteiger partial charge in [-0.2, -0.15) is 4.98 Å².